The van der Waals surface area contributed by atoms with Gasteiger partial charge in [0.25, 0.3) is 5.69 Å². The van der Waals surface area contributed by atoms with E-state index in [1.807, 2.05) is 6.07 Å². The second kappa shape index (κ2) is 5.34. The molecule has 0 saturated carbocycles. The van der Waals surface area contributed by atoms with Crippen LogP contribution in [-0.2, 0) is 6.54 Å². The molecule has 5 nitrogen and oxygen atoms in total. The molecule has 1 aromatic rings. The van der Waals surface area contributed by atoms with E-state index in [9.17, 15) is 10.1 Å². The Morgan fingerprint density at radius 3 is 3.00 bits per heavy atom. The quantitative estimate of drug-likeness (QED) is 0.660. The Kier molecular flexibility index (Phi) is 3.99. The van der Waals surface area contributed by atoms with E-state index >= 15 is 0 Å². The molecule has 0 radical (unpaired) electrons. The molecular formula is C12H16BrN3O2. The Morgan fingerprint density at radius 2 is 2.39 bits per heavy atom. The van der Waals surface area contributed by atoms with Crippen LogP contribution in [-0.4, -0.2) is 23.6 Å². The smallest absolute Gasteiger partial charge is 0.283 e. The van der Waals surface area contributed by atoms with E-state index in [1.54, 1.807) is 6.07 Å². The second-order valence-corrected chi connectivity index (χ2v) is 5.64. The summed E-state index contributed by atoms with van der Waals surface area (Å²) in [4.78, 5) is 10.5. The molecule has 1 atom stereocenters. The number of nitrogens with one attached hydrogen (secondary N) is 2. The molecule has 1 heterocycles. The van der Waals surface area contributed by atoms with E-state index in [4.69, 9.17) is 0 Å². The lowest BCUT2D eigenvalue weighted by Crippen LogP contribution is -2.43. The van der Waals surface area contributed by atoms with Crippen LogP contribution in [0.15, 0.2) is 22.7 Å². The second-order valence-electron chi connectivity index (χ2n) is 4.85. The van der Waals surface area contributed by atoms with Crippen molar-refractivity contribution in [1.29, 1.82) is 0 Å². The highest BCUT2D eigenvalue weighted by Crippen LogP contribution is 2.28. The third-order valence-corrected chi connectivity index (χ3v) is 4.24. The van der Waals surface area contributed by atoms with Crippen LogP contribution in [0.25, 0.3) is 0 Å². The van der Waals surface area contributed by atoms with E-state index in [0.29, 0.717) is 11.0 Å². The van der Waals surface area contributed by atoms with Gasteiger partial charge in [0.2, 0.25) is 0 Å². The Bertz CT molecular complexity index is 459. The molecule has 98 valence electrons. The van der Waals surface area contributed by atoms with Crippen molar-refractivity contribution in [3.8, 4) is 0 Å². The number of halogens is 1. The van der Waals surface area contributed by atoms with Gasteiger partial charge in [-0.15, -0.1) is 0 Å². The van der Waals surface area contributed by atoms with Crippen LogP contribution >= 0.6 is 15.9 Å². The number of benzene rings is 1. The number of hydrogen-bond donors (Lipinski definition) is 2. The van der Waals surface area contributed by atoms with E-state index in [-0.39, 0.29) is 16.1 Å². The fraction of sp³-hybridized carbons (Fsp3) is 0.500. The van der Waals surface area contributed by atoms with Crippen molar-refractivity contribution in [3.63, 3.8) is 0 Å². The molecule has 6 heteroatoms. The first-order valence-electron chi connectivity index (χ1n) is 5.89. The first kappa shape index (κ1) is 13.5. The van der Waals surface area contributed by atoms with Crippen LogP contribution < -0.4 is 10.6 Å². The molecular weight excluding hydrogens is 298 g/mol. The lowest BCUT2D eigenvalue weighted by atomic mass is 10.0. The minimum Gasteiger partial charge on any atom is -0.315 e. The average Bonchev–Trinajstić information content (AvgIpc) is 2.75. The molecule has 1 aliphatic heterocycles. The predicted octanol–water partition coefficient (Wildman–Crippen LogP) is 2.20. The highest BCUT2D eigenvalue weighted by atomic mass is 79.9. The first-order valence-corrected chi connectivity index (χ1v) is 6.69. The van der Waals surface area contributed by atoms with Crippen LogP contribution in [0.4, 0.5) is 5.69 Å². The molecule has 18 heavy (non-hydrogen) atoms. The normalized spacial score (nSPS) is 23.2. The number of nitro benzene ring substituents is 1. The molecule has 1 unspecified atom stereocenters. The minimum atomic E-state index is -0.369. The minimum absolute atomic E-state index is 0.0735. The zero-order valence-electron chi connectivity index (χ0n) is 10.2. The average molecular weight is 314 g/mol. The molecule has 0 aromatic heterocycles. The molecule has 0 aliphatic carbocycles. The molecule has 0 spiro atoms. The van der Waals surface area contributed by atoms with E-state index in [2.05, 4.69) is 33.5 Å². The lowest BCUT2D eigenvalue weighted by molar-refractivity contribution is -0.385. The van der Waals surface area contributed by atoms with E-state index in [1.165, 1.54) is 6.07 Å². The van der Waals surface area contributed by atoms with Gasteiger partial charge in [0.15, 0.2) is 0 Å². The summed E-state index contributed by atoms with van der Waals surface area (Å²) in [7, 11) is 0. The summed E-state index contributed by atoms with van der Waals surface area (Å²) in [6.07, 6.45) is 1.07. The summed E-state index contributed by atoms with van der Waals surface area (Å²) in [6.45, 7) is 4.73. The van der Waals surface area contributed by atoms with Gasteiger partial charge in [-0.2, -0.15) is 0 Å². The Morgan fingerprint density at radius 1 is 1.61 bits per heavy atom. The van der Waals surface area contributed by atoms with Gasteiger partial charge in [-0.25, -0.2) is 0 Å². The Hall–Kier alpha value is -0.980. The van der Waals surface area contributed by atoms with Crippen molar-refractivity contribution in [3.05, 3.63) is 38.3 Å². The zero-order valence-corrected chi connectivity index (χ0v) is 11.8. The summed E-state index contributed by atoms with van der Waals surface area (Å²) in [6, 6.07) is 5.12. The largest absolute Gasteiger partial charge is 0.315 e. The van der Waals surface area contributed by atoms with Crippen LogP contribution in [0.3, 0.4) is 0 Å². The molecule has 2 rings (SSSR count). The van der Waals surface area contributed by atoms with Gasteiger partial charge in [-0.05, 0) is 41.4 Å². The molecule has 1 fully saturated rings. The highest BCUT2D eigenvalue weighted by Gasteiger charge is 2.28. The van der Waals surface area contributed by atoms with Crippen molar-refractivity contribution in [2.24, 2.45) is 0 Å². The van der Waals surface area contributed by atoms with Crippen molar-refractivity contribution in [2.75, 3.05) is 13.1 Å². The highest BCUT2D eigenvalue weighted by molar-refractivity contribution is 9.10. The zero-order chi connectivity index (χ0) is 13.2. The first-order chi connectivity index (χ1) is 8.52. The van der Waals surface area contributed by atoms with Gasteiger partial charge in [-0.1, -0.05) is 12.1 Å². The standard InChI is InChI=1S/C12H16BrN3O2/c1-12(5-6-14-8-12)15-7-9-3-2-4-10(11(9)13)16(17)18/h2-4,14-15H,5-8H2,1H3. The summed E-state index contributed by atoms with van der Waals surface area (Å²) in [5, 5.41) is 17.6. The van der Waals surface area contributed by atoms with E-state index < -0.39 is 0 Å². The van der Waals surface area contributed by atoms with Crippen molar-refractivity contribution in [1.82, 2.24) is 10.6 Å². The van der Waals surface area contributed by atoms with Crippen molar-refractivity contribution in [2.45, 2.75) is 25.4 Å². The summed E-state index contributed by atoms with van der Waals surface area (Å²) in [5.41, 5.74) is 1.10. The predicted molar refractivity (Wildman–Crippen MR) is 73.5 cm³/mol. The Balaban J connectivity index is 2.10. The monoisotopic (exact) mass is 313 g/mol. The maximum atomic E-state index is 10.8. The van der Waals surface area contributed by atoms with Crippen LogP contribution in [0.1, 0.15) is 18.9 Å². The maximum Gasteiger partial charge on any atom is 0.283 e. The molecule has 0 bridgehead atoms. The molecule has 1 aromatic carbocycles. The maximum absolute atomic E-state index is 10.8. The SMILES string of the molecule is CC1(NCc2cccc([N+](=O)[O-])c2Br)CCNC1. The van der Waals surface area contributed by atoms with Crippen LogP contribution in [0.2, 0.25) is 0 Å². The lowest BCUT2D eigenvalue weighted by Gasteiger charge is -2.24. The van der Waals surface area contributed by atoms with Gasteiger partial charge in [0.05, 0.1) is 9.40 Å². The van der Waals surface area contributed by atoms with Crippen LogP contribution in [0.5, 0.6) is 0 Å². The number of hydrogen-bond acceptors (Lipinski definition) is 4. The van der Waals surface area contributed by atoms with E-state index in [0.717, 1.165) is 25.1 Å². The summed E-state index contributed by atoms with van der Waals surface area (Å²) >= 11 is 3.31. The summed E-state index contributed by atoms with van der Waals surface area (Å²) < 4.78 is 0.567. The van der Waals surface area contributed by atoms with Gasteiger partial charge in [0.1, 0.15) is 0 Å². The van der Waals surface area contributed by atoms with Crippen molar-refractivity contribution < 1.29 is 4.92 Å². The molecule has 0 amide bonds. The van der Waals surface area contributed by atoms with Gasteiger partial charge >= 0.3 is 0 Å². The van der Waals surface area contributed by atoms with Crippen molar-refractivity contribution >= 4 is 21.6 Å². The number of nitrogens with zero attached hydrogens (tertiary/aromatic N) is 1. The number of rotatable bonds is 4. The Labute approximate surface area is 114 Å². The molecule has 1 aliphatic rings. The molecule has 1 saturated heterocycles. The third kappa shape index (κ3) is 2.88. The fourth-order valence-corrected chi connectivity index (χ4v) is 2.67. The number of nitro groups is 1. The van der Waals surface area contributed by atoms with Gasteiger partial charge < -0.3 is 10.6 Å². The fourth-order valence-electron chi connectivity index (χ4n) is 2.12. The summed E-state index contributed by atoms with van der Waals surface area (Å²) in [5.74, 6) is 0. The molecule has 2 N–H and O–H groups in total. The topological polar surface area (TPSA) is 67.2 Å². The third-order valence-electron chi connectivity index (χ3n) is 3.33. The van der Waals surface area contributed by atoms with Gasteiger partial charge in [-0.3, -0.25) is 10.1 Å². The van der Waals surface area contributed by atoms with Crippen LogP contribution in [0, 0.1) is 10.1 Å². The van der Waals surface area contributed by atoms with Gasteiger partial charge in [0, 0.05) is 24.7 Å².